The zero-order valence-electron chi connectivity index (χ0n) is 20.5. The fourth-order valence-corrected chi connectivity index (χ4v) is 4.45. The van der Waals surface area contributed by atoms with E-state index in [1.54, 1.807) is 60.7 Å². The van der Waals surface area contributed by atoms with Crippen LogP contribution in [0.1, 0.15) is 24.2 Å². The number of hydrogen-bond acceptors (Lipinski definition) is 7. The highest BCUT2D eigenvalue weighted by atomic mass is 32.2. The van der Waals surface area contributed by atoms with Crippen molar-refractivity contribution in [1.29, 1.82) is 0 Å². The van der Waals surface area contributed by atoms with E-state index in [0.717, 1.165) is 0 Å². The molecule has 3 rings (SSSR count). The van der Waals surface area contributed by atoms with Crippen LogP contribution in [0, 0.1) is 0 Å². The first-order valence-electron chi connectivity index (χ1n) is 11.6. The highest BCUT2D eigenvalue weighted by Crippen LogP contribution is 2.21. The molecule has 0 saturated carbocycles. The molecule has 9 nitrogen and oxygen atoms in total. The van der Waals surface area contributed by atoms with Crippen LogP contribution in [0.4, 0.5) is 11.4 Å². The smallest absolute Gasteiger partial charge is 0.261 e. The molecular formula is C26H29N3O6S2. The van der Waals surface area contributed by atoms with E-state index < -0.39 is 15.9 Å². The number of anilines is 2. The lowest BCUT2D eigenvalue weighted by atomic mass is 10.2. The predicted molar refractivity (Wildman–Crippen MR) is 147 cm³/mol. The van der Waals surface area contributed by atoms with E-state index in [0.29, 0.717) is 54.9 Å². The average Bonchev–Trinajstić information content (AvgIpc) is 2.88. The minimum absolute atomic E-state index is 0.0530. The first-order valence-corrected chi connectivity index (χ1v) is 13.5. The Balaban J connectivity index is 1.58. The number of nitrogens with one attached hydrogen (secondary N) is 3. The number of sulfonamides is 1. The molecular weight excluding hydrogens is 514 g/mol. The number of carbonyl (C=O) groups is 1. The molecule has 1 amide bonds. The van der Waals surface area contributed by atoms with Crippen molar-refractivity contribution >= 4 is 44.6 Å². The number of carbonyl (C=O) groups excluding carboxylic acids is 1. The minimum Gasteiger partial charge on any atom is -0.494 e. The summed E-state index contributed by atoms with van der Waals surface area (Å²) in [4.78, 5) is 12.8. The molecule has 0 fully saturated rings. The number of hydrogen-bond donors (Lipinski definition) is 3. The molecule has 0 radical (unpaired) electrons. The molecule has 3 aromatic rings. The Morgan fingerprint density at radius 2 is 1.51 bits per heavy atom. The Kier molecular flexibility index (Phi) is 10.2. The summed E-state index contributed by atoms with van der Waals surface area (Å²) in [5, 5.41) is 5.54. The van der Waals surface area contributed by atoms with Crippen LogP contribution in [-0.2, 0) is 14.8 Å². The normalized spacial score (nSPS) is 10.9. The molecule has 0 spiro atoms. The standard InChI is InChI=1S/C26H29N3O6S2/c1-3-33-17-18-35-24-8-6-5-7-23(24)25(30)28-26(36)27-19-11-15-22(16-12-19)37(31,32)29-20-9-13-21(14-10-20)34-4-2/h5-16,29H,3-4,17-18H2,1-2H3,(H2,27,28,30,36). The fourth-order valence-electron chi connectivity index (χ4n) is 3.19. The van der Waals surface area contributed by atoms with Crippen LogP contribution >= 0.6 is 12.2 Å². The van der Waals surface area contributed by atoms with Crippen LogP contribution in [0.2, 0.25) is 0 Å². The average molecular weight is 544 g/mol. The first kappa shape index (κ1) is 27.9. The number of para-hydroxylation sites is 1. The van der Waals surface area contributed by atoms with Crippen molar-refractivity contribution < 1.29 is 27.4 Å². The number of rotatable bonds is 12. The SMILES string of the molecule is CCOCCOc1ccccc1C(=O)NC(=S)Nc1ccc(S(=O)(=O)Nc2ccc(OCC)cc2)cc1. The van der Waals surface area contributed by atoms with Gasteiger partial charge in [-0.3, -0.25) is 14.8 Å². The Morgan fingerprint density at radius 1 is 0.838 bits per heavy atom. The third-order valence-electron chi connectivity index (χ3n) is 4.89. The molecule has 196 valence electrons. The van der Waals surface area contributed by atoms with Gasteiger partial charge in [-0.2, -0.15) is 0 Å². The van der Waals surface area contributed by atoms with Gasteiger partial charge in [0, 0.05) is 18.0 Å². The van der Waals surface area contributed by atoms with E-state index in [-0.39, 0.29) is 10.0 Å². The zero-order valence-corrected chi connectivity index (χ0v) is 22.2. The first-order chi connectivity index (χ1) is 17.8. The van der Waals surface area contributed by atoms with Gasteiger partial charge in [-0.05, 0) is 86.7 Å². The summed E-state index contributed by atoms with van der Waals surface area (Å²) in [6.07, 6.45) is 0. The van der Waals surface area contributed by atoms with Gasteiger partial charge in [-0.15, -0.1) is 0 Å². The van der Waals surface area contributed by atoms with E-state index in [2.05, 4.69) is 15.4 Å². The maximum Gasteiger partial charge on any atom is 0.261 e. The third kappa shape index (κ3) is 8.45. The topological polar surface area (TPSA) is 115 Å². The summed E-state index contributed by atoms with van der Waals surface area (Å²) in [5.74, 6) is 0.627. The molecule has 3 N–H and O–H groups in total. The Labute approximate surface area is 222 Å². The van der Waals surface area contributed by atoms with Crippen LogP contribution < -0.4 is 24.8 Å². The van der Waals surface area contributed by atoms with Crippen molar-refractivity contribution in [2.75, 3.05) is 36.5 Å². The maximum atomic E-state index is 12.7. The lowest BCUT2D eigenvalue weighted by Gasteiger charge is -2.13. The molecule has 0 heterocycles. The molecule has 0 aliphatic rings. The molecule has 0 bridgehead atoms. The van der Waals surface area contributed by atoms with Gasteiger partial charge >= 0.3 is 0 Å². The van der Waals surface area contributed by atoms with E-state index in [9.17, 15) is 13.2 Å². The van der Waals surface area contributed by atoms with Crippen LogP contribution in [0.25, 0.3) is 0 Å². The molecule has 0 saturated heterocycles. The van der Waals surface area contributed by atoms with Gasteiger partial charge in [-0.1, -0.05) is 12.1 Å². The second kappa shape index (κ2) is 13.6. The largest absolute Gasteiger partial charge is 0.494 e. The summed E-state index contributed by atoms with van der Waals surface area (Å²) >= 11 is 5.25. The van der Waals surface area contributed by atoms with Gasteiger partial charge < -0.3 is 19.5 Å². The van der Waals surface area contributed by atoms with E-state index in [1.807, 2.05) is 13.8 Å². The van der Waals surface area contributed by atoms with Crippen molar-refractivity contribution in [2.45, 2.75) is 18.7 Å². The third-order valence-corrected chi connectivity index (χ3v) is 6.49. The van der Waals surface area contributed by atoms with Crippen LogP contribution in [0.5, 0.6) is 11.5 Å². The molecule has 0 unspecified atom stereocenters. The maximum absolute atomic E-state index is 12.7. The van der Waals surface area contributed by atoms with Crippen LogP contribution in [0.15, 0.2) is 77.7 Å². The van der Waals surface area contributed by atoms with Gasteiger partial charge in [0.2, 0.25) is 0 Å². The molecule has 0 aliphatic heterocycles. The quantitative estimate of drug-likeness (QED) is 0.227. The van der Waals surface area contributed by atoms with Gasteiger partial charge in [0.05, 0.1) is 23.7 Å². The summed E-state index contributed by atoms with van der Waals surface area (Å²) in [7, 11) is -3.80. The second-order valence-corrected chi connectivity index (χ2v) is 9.63. The second-order valence-electron chi connectivity index (χ2n) is 7.54. The fraction of sp³-hybridized carbons (Fsp3) is 0.231. The lowest BCUT2D eigenvalue weighted by molar-refractivity contribution is 0.0958. The highest BCUT2D eigenvalue weighted by Gasteiger charge is 2.16. The van der Waals surface area contributed by atoms with E-state index in [1.165, 1.54) is 12.1 Å². The zero-order chi connectivity index (χ0) is 26.7. The summed E-state index contributed by atoms with van der Waals surface area (Å²) in [6, 6.07) is 19.4. The Hall–Kier alpha value is -3.67. The molecule has 3 aromatic carbocycles. The van der Waals surface area contributed by atoms with Crippen LogP contribution in [0.3, 0.4) is 0 Å². The van der Waals surface area contributed by atoms with Crippen molar-refractivity contribution in [3.63, 3.8) is 0 Å². The van der Waals surface area contributed by atoms with Crippen molar-refractivity contribution in [1.82, 2.24) is 5.32 Å². The molecule has 0 aromatic heterocycles. The van der Waals surface area contributed by atoms with E-state index in [4.69, 9.17) is 26.4 Å². The minimum atomic E-state index is -3.80. The van der Waals surface area contributed by atoms with Crippen molar-refractivity contribution in [3.05, 3.63) is 78.4 Å². The van der Waals surface area contributed by atoms with Gasteiger partial charge in [0.1, 0.15) is 18.1 Å². The number of amides is 1. The van der Waals surface area contributed by atoms with Gasteiger partial charge in [0.15, 0.2) is 5.11 Å². The van der Waals surface area contributed by atoms with Crippen molar-refractivity contribution in [2.24, 2.45) is 0 Å². The highest BCUT2D eigenvalue weighted by molar-refractivity contribution is 7.92. The molecule has 11 heteroatoms. The van der Waals surface area contributed by atoms with Crippen molar-refractivity contribution in [3.8, 4) is 11.5 Å². The monoisotopic (exact) mass is 543 g/mol. The summed E-state index contributed by atoms with van der Waals surface area (Å²) in [5.41, 5.74) is 1.24. The predicted octanol–water partition coefficient (Wildman–Crippen LogP) is 4.43. The number of benzene rings is 3. The molecule has 37 heavy (non-hydrogen) atoms. The Morgan fingerprint density at radius 3 is 2.19 bits per heavy atom. The van der Waals surface area contributed by atoms with E-state index >= 15 is 0 Å². The lowest BCUT2D eigenvalue weighted by Crippen LogP contribution is -2.34. The summed E-state index contributed by atoms with van der Waals surface area (Å²) in [6.45, 7) is 5.59. The van der Waals surface area contributed by atoms with Crippen LogP contribution in [-0.4, -0.2) is 45.9 Å². The molecule has 0 aliphatic carbocycles. The molecule has 0 atom stereocenters. The number of ether oxygens (including phenoxy) is 3. The van der Waals surface area contributed by atoms with Gasteiger partial charge in [-0.25, -0.2) is 8.42 Å². The number of thiocarbonyl (C=S) groups is 1. The Bertz CT molecular complexity index is 1300. The van der Waals surface area contributed by atoms with Gasteiger partial charge in [0.25, 0.3) is 15.9 Å². The summed E-state index contributed by atoms with van der Waals surface area (Å²) < 4.78 is 44.2.